The third kappa shape index (κ3) is 6.95. The van der Waals surface area contributed by atoms with E-state index < -0.39 is 10.0 Å². The van der Waals surface area contributed by atoms with Crippen molar-refractivity contribution in [1.29, 1.82) is 0 Å². The van der Waals surface area contributed by atoms with Gasteiger partial charge < -0.3 is 10.1 Å². The smallest absolute Gasteiger partial charge is 0.238 e. The second kappa shape index (κ2) is 10.2. The Hall–Kier alpha value is -2.42. The first kappa shape index (κ1) is 21.9. The van der Waals surface area contributed by atoms with Crippen LogP contribution in [0.2, 0.25) is 0 Å². The van der Waals surface area contributed by atoms with Gasteiger partial charge in [0, 0.05) is 13.1 Å². The number of likely N-dealkylation sites (N-methyl/N-ethyl adjacent to an activating group) is 1. The Morgan fingerprint density at radius 2 is 1.79 bits per heavy atom. The number of carbonyl (C=O) groups excluding carboxylic acids is 1. The molecule has 0 heterocycles. The van der Waals surface area contributed by atoms with E-state index in [9.17, 15) is 13.2 Å². The zero-order chi connectivity index (χ0) is 20.6. The van der Waals surface area contributed by atoms with Crippen molar-refractivity contribution < 1.29 is 17.9 Å². The molecule has 7 nitrogen and oxygen atoms in total. The van der Waals surface area contributed by atoms with Gasteiger partial charge in [0.1, 0.15) is 12.4 Å². The number of hydrogen-bond donors (Lipinski definition) is 2. The van der Waals surface area contributed by atoms with Crippen LogP contribution in [0.4, 0.5) is 0 Å². The van der Waals surface area contributed by atoms with Crippen LogP contribution in [0, 0.1) is 0 Å². The Labute approximate surface area is 166 Å². The lowest BCUT2D eigenvalue weighted by atomic mass is 10.1. The highest BCUT2D eigenvalue weighted by molar-refractivity contribution is 7.89. The fraction of sp³-hybridized carbons (Fsp3) is 0.350. The Balaban J connectivity index is 1.71. The first-order chi connectivity index (χ1) is 13.3. The van der Waals surface area contributed by atoms with Crippen molar-refractivity contribution in [3.8, 4) is 5.75 Å². The SMILES string of the molecule is CC(C(=O)NCCc1ccc(S(N)(=O)=O)cc1)N(C)CCOc1ccccc1. The van der Waals surface area contributed by atoms with Crippen LogP contribution in [-0.4, -0.2) is 52.0 Å². The van der Waals surface area contributed by atoms with E-state index in [1.54, 1.807) is 12.1 Å². The average molecular weight is 406 g/mol. The molecule has 2 rings (SSSR count). The third-order valence-corrected chi connectivity index (χ3v) is 5.39. The second-order valence-corrected chi connectivity index (χ2v) is 8.11. The minimum absolute atomic E-state index is 0.0663. The van der Waals surface area contributed by atoms with E-state index in [-0.39, 0.29) is 16.8 Å². The first-order valence-electron chi connectivity index (χ1n) is 9.05. The number of rotatable bonds is 10. The van der Waals surface area contributed by atoms with Gasteiger partial charge >= 0.3 is 0 Å². The van der Waals surface area contributed by atoms with Crippen LogP contribution in [0.3, 0.4) is 0 Å². The lowest BCUT2D eigenvalue weighted by molar-refractivity contribution is -0.125. The molecule has 0 aliphatic heterocycles. The summed E-state index contributed by atoms with van der Waals surface area (Å²) >= 11 is 0. The third-order valence-electron chi connectivity index (χ3n) is 4.46. The van der Waals surface area contributed by atoms with Crippen LogP contribution in [0.5, 0.6) is 5.75 Å². The van der Waals surface area contributed by atoms with E-state index in [0.717, 1.165) is 11.3 Å². The molecule has 28 heavy (non-hydrogen) atoms. The van der Waals surface area contributed by atoms with Gasteiger partial charge in [0.25, 0.3) is 0 Å². The molecule has 1 unspecified atom stereocenters. The van der Waals surface area contributed by atoms with Crippen LogP contribution in [-0.2, 0) is 21.2 Å². The molecule has 152 valence electrons. The van der Waals surface area contributed by atoms with E-state index in [0.29, 0.717) is 26.1 Å². The predicted octanol–water partition coefficient (Wildman–Crippen LogP) is 1.39. The summed E-state index contributed by atoms with van der Waals surface area (Å²) in [6, 6.07) is 15.6. The maximum atomic E-state index is 12.3. The molecule has 2 aromatic rings. The molecular formula is C20H27N3O4S. The topological polar surface area (TPSA) is 102 Å². The van der Waals surface area contributed by atoms with Crippen molar-refractivity contribution in [3.05, 3.63) is 60.2 Å². The maximum Gasteiger partial charge on any atom is 0.238 e. The highest BCUT2D eigenvalue weighted by Crippen LogP contribution is 2.09. The van der Waals surface area contributed by atoms with Crippen molar-refractivity contribution in [2.24, 2.45) is 5.14 Å². The Morgan fingerprint density at radius 1 is 1.14 bits per heavy atom. The number of primary sulfonamides is 1. The summed E-state index contributed by atoms with van der Waals surface area (Å²) in [5, 5.41) is 7.98. The highest BCUT2D eigenvalue weighted by atomic mass is 32.2. The first-order valence-corrected chi connectivity index (χ1v) is 10.6. The Kier molecular flexibility index (Phi) is 7.98. The number of carbonyl (C=O) groups is 1. The number of ether oxygens (including phenoxy) is 1. The van der Waals surface area contributed by atoms with Crippen molar-refractivity contribution >= 4 is 15.9 Å². The number of sulfonamides is 1. The highest BCUT2D eigenvalue weighted by Gasteiger charge is 2.17. The molecule has 2 aromatic carbocycles. The van der Waals surface area contributed by atoms with Crippen LogP contribution >= 0.6 is 0 Å². The minimum Gasteiger partial charge on any atom is -0.492 e. The van der Waals surface area contributed by atoms with Crippen LogP contribution in [0.15, 0.2) is 59.5 Å². The Bertz CT molecular complexity index is 855. The van der Waals surface area contributed by atoms with Gasteiger partial charge in [0.2, 0.25) is 15.9 Å². The summed E-state index contributed by atoms with van der Waals surface area (Å²) in [4.78, 5) is 14.3. The molecule has 0 saturated heterocycles. The normalized spacial score (nSPS) is 12.6. The van der Waals surface area contributed by atoms with Gasteiger partial charge in [-0.05, 0) is 50.2 Å². The quantitative estimate of drug-likeness (QED) is 0.622. The van der Waals surface area contributed by atoms with Crippen molar-refractivity contribution in [1.82, 2.24) is 10.2 Å². The van der Waals surface area contributed by atoms with E-state index in [2.05, 4.69) is 5.32 Å². The molecule has 1 amide bonds. The summed E-state index contributed by atoms with van der Waals surface area (Å²) in [5.41, 5.74) is 0.921. The maximum absolute atomic E-state index is 12.3. The number of para-hydroxylation sites is 1. The van der Waals surface area contributed by atoms with Crippen molar-refractivity contribution in [2.75, 3.05) is 26.7 Å². The van der Waals surface area contributed by atoms with Gasteiger partial charge in [-0.1, -0.05) is 30.3 Å². The van der Waals surface area contributed by atoms with Crippen molar-refractivity contribution in [3.63, 3.8) is 0 Å². The van der Waals surface area contributed by atoms with Gasteiger partial charge in [-0.2, -0.15) is 0 Å². The lowest BCUT2D eigenvalue weighted by Crippen LogP contribution is -2.45. The zero-order valence-corrected chi connectivity index (χ0v) is 17.0. The predicted molar refractivity (Wildman–Crippen MR) is 109 cm³/mol. The minimum atomic E-state index is -3.69. The molecule has 0 aliphatic carbocycles. The molecular weight excluding hydrogens is 378 g/mol. The van der Waals surface area contributed by atoms with Gasteiger partial charge in [0.05, 0.1) is 10.9 Å². The standard InChI is InChI=1S/C20H27N3O4S/c1-16(23(2)14-15-27-18-6-4-3-5-7-18)20(24)22-13-12-17-8-10-19(11-9-17)28(21,25)26/h3-11,16H,12-15H2,1-2H3,(H,22,24)(H2,21,25,26). The zero-order valence-electron chi connectivity index (χ0n) is 16.2. The largest absolute Gasteiger partial charge is 0.492 e. The fourth-order valence-corrected chi connectivity index (χ4v) is 3.06. The molecule has 0 fully saturated rings. The summed E-state index contributed by atoms with van der Waals surface area (Å²) in [6.45, 7) is 3.43. The Morgan fingerprint density at radius 3 is 2.39 bits per heavy atom. The van der Waals surface area contributed by atoms with Crippen LogP contribution < -0.4 is 15.2 Å². The average Bonchev–Trinajstić information content (AvgIpc) is 2.67. The number of nitrogens with one attached hydrogen (secondary N) is 1. The fourth-order valence-electron chi connectivity index (χ4n) is 2.54. The van der Waals surface area contributed by atoms with Gasteiger partial charge in [-0.3, -0.25) is 9.69 Å². The van der Waals surface area contributed by atoms with E-state index in [1.807, 2.05) is 49.2 Å². The van der Waals surface area contributed by atoms with Gasteiger partial charge in [-0.15, -0.1) is 0 Å². The van der Waals surface area contributed by atoms with E-state index in [1.165, 1.54) is 12.1 Å². The van der Waals surface area contributed by atoms with Crippen LogP contribution in [0.1, 0.15) is 12.5 Å². The van der Waals surface area contributed by atoms with E-state index >= 15 is 0 Å². The number of nitrogens with zero attached hydrogens (tertiary/aromatic N) is 1. The number of hydrogen-bond acceptors (Lipinski definition) is 5. The monoisotopic (exact) mass is 405 g/mol. The number of benzene rings is 2. The molecule has 0 radical (unpaired) electrons. The molecule has 3 N–H and O–H groups in total. The summed E-state index contributed by atoms with van der Waals surface area (Å²) in [5.74, 6) is 0.741. The van der Waals surface area contributed by atoms with Gasteiger partial charge in [0.15, 0.2) is 0 Å². The molecule has 0 bridgehead atoms. The van der Waals surface area contributed by atoms with Gasteiger partial charge in [-0.25, -0.2) is 13.6 Å². The van der Waals surface area contributed by atoms with E-state index in [4.69, 9.17) is 9.88 Å². The molecule has 8 heteroatoms. The summed E-state index contributed by atoms with van der Waals surface area (Å²) in [6.07, 6.45) is 0.601. The molecule has 0 spiro atoms. The van der Waals surface area contributed by atoms with Crippen molar-refractivity contribution in [2.45, 2.75) is 24.3 Å². The molecule has 1 atom stereocenters. The number of nitrogens with two attached hydrogens (primary N) is 1. The lowest BCUT2D eigenvalue weighted by Gasteiger charge is -2.23. The second-order valence-electron chi connectivity index (χ2n) is 6.55. The molecule has 0 aliphatic rings. The number of amides is 1. The molecule has 0 saturated carbocycles. The van der Waals surface area contributed by atoms with Crippen LogP contribution in [0.25, 0.3) is 0 Å². The summed E-state index contributed by atoms with van der Waals surface area (Å²) < 4.78 is 28.2. The summed E-state index contributed by atoms with van der Waals surface area (Å²) in [7, 11) is -1.81. The molecule has 0 aromatic heterocycles.